The maximum absolute atomic E-state index is 12.4. The Morgan fingerprint density at radius 3 is 2.12 bits per heavy atom. The molecule has 0 saturated carbocycles. The molecule has 7 heteroatoms. The van der Waals surface area contributed by atoms with Gasteiger partial charge < -0.3 is 9.84 Å². The first-order valence-corrected chi connectivity index (χ1v) is 10.1. The van der Waals surface area contributed by atoms with Gasteiger partial charge in [-0.3, -0.25) is 5.32 Å². The number of aromatic carboxylic acids is 1. The van der Waals surface area contributed by atoms with E-state index in [2.05, 4.69) is 34.7 Å². The molecule has 0 aliphatic heterocycles. The minimum Gasteiger partial charge on any atom is -0.476 e. The molecule has 158 valence electrons. The molecule has 4 aromatic rings. The number of carboxylic acids is 1. The van der Waals surface area contributed by atoms with Gasteiger partial charge >= 0.3 is 12.1 Å². The Bertz CT molecular complexity index is 1270. The van der Waals surface area contributed by atoms with Crippen LogP contribution in [-0.4, -0.2) is 33.6 Å². The second-order valence-corrected chi connectivity index (χ2v) is 7.45. The van der Waals surface area contributed by atoms with Crippen LogP contribution in [0.15, 0.2) is 85.1 Å². The molecule has 3 aromatic carbocycles. The molecule has 0 bridgehead atoms. The number of ether oxygens (including phenoxy) is 1. The molecule has 0 atom stereocenters. The maximum Gasteiger partial charge on any atom is 0.411 e. The van der Waals surface area contributed by atoms with Crippen molar-refractivity contribution in [3.05, 3.63) is 102 Å². The Kier molecular flexibility index (Phi) is 4.91. The highest BCUT2D eigenvalue weighted by atomic mass is 16.5. The van der Waals surface area contributed by atoms with Crippen molar-refractivity contribution in [2.75, 3.05) is 11.9 Å². The Hall–Kier alpha value is -4.39. The van der Waals surface area contributed by atoms with Crippen molar-refractivity contribution in [1.82, 2.24) is 9.78 Å². The third kappa shape index (κ3) is 3.60. The number of amides is 1. The number of aromatic nitrogens is 2. The van der Waals surface area contributed by atoms with Crippen molar-refractivity contribution < 1.29 is 19.4 Å². The van der Waals surface area contributed by atoms with Gasteiger partial charge in [0.15, 0.2) is 5.69 Å². The highest BCUT2D eigenvalue weighted by Crippen LogP contribution is 2.44. The largest absolute Gasteiger partial charge is 0.476 e. The Morgan fingerprint density at radius 2 is 1.53 bits per heavy atom. The van der Waals surface area contributed by atoms with Gasteiger partial charge in [-0.1, -0.05) is 48.5 Å². The second-order valence-electron chi connectivity index (χ2n) is 7.45. The predicted octanol–water partition coefficient (Wildman–Crippen LogP) is 4.93. The van der Waals surface area contributed by atoms with Crippen LogP contribution in [0.2, 0.25) is 0 Å². The molecule has 0 unspecified atom stereocenters. The topological polar surface area (TPSA) is 93.5 Å². The van der Waals surface area contributed by atoms with E-state index in [0.717, 1.165) is 11.1 Å². The summed E-state index contributed by atoms with van der Waals surface area (Å²) in [6, 6.07) is 24.7. The Labute approximate surface area is 183 Å². The van der Waals surface area contributed by atoms with Crippen molar-refractivity contribution in [3.63, 3.8) is 0 Å². The lowest BCUT2D eigenvalue weighted by atomic mass is 9.98. The third-order valence-corrected chi connectivity index (χ3v) is 5.53. The fourth-order valence-corrected chi connectivity index (χ4v) is 4.03. The standard InChI is InChI=1S/C25H19N3O4/c29-24(30)23-13-14-28(27-23)17-11-9-16(10-12-17)26-25(31)32-15-22-20-7-3-1-5-18(20)19-6-2-4-8-21(19)22/h1-14,22H,15H2,(H,26,31)(H,29,30). The Morgan fingerprint density at radius 1 is 0.906 bits per heavy atom. The number of rotatable bonds is 5. The SMILES string of the molecule is O=C(Nc1ccc(-n2ccc(C(=O)O)n2)cc1)OCC1c2ccccc2-c2ccccc21. The van der Waals surface area contributed by atoms with Crippen LogP contribution in [0.5, 0.6) is 0 Å². The van der Waals surface area contributed by atoms with Crippen LogP contribution in [0.25, 0.3) is 16.8 Å². The number of hydrogen-bond acceptors (Lipinski definition) is 4. The molecule has 0 spiro atoms. The van der Waals surface area contributed by atoms with E-state index in [1.54, 1.807) is 30.5 Å². The third-order valence-electron chi connectivity index (χ3n) is 5.53. The van der Waals surface area contributed by atoms with E-state index in [4.69, 9.17) is 9.84 Å². The molecule has 0 radical (unpaired) electrons. The zero-order chi connectivity index (χ0) is 22.1. The number of nitrogens with one attached hydrogen (secondary N) is 1. The lowest BCUT2D eigenvalue weighted by molar-refractivity contribution is 0.0690. The summed E-state index contributed by atoms with van der Waals surface area (Å²) in [5, 5.41) is 15.7. The number of carboxylic acid groups (broad SMARTS) is 1. The van der Waals surface area contributed by atoms with E-state index in [-0.39, 0.29) is 18.2 Å². The number of fused-ring (bicyclic) bond motifs is 3. The minimum absolute atomic E-state index is 0.00114. The van der Waals surface area contributed by atoms with E-state index in [0.29, 0.717) is 11.4 Å². The fourth-order valence-electron chi connectivity index (χ4n) is 4.03. The second kappa shape index (κ2) is 8.03. The van der Waals surface area contributed by atoms with E-state index < -0.39 is 12.1 Å². The molecule has 0 saturated heterocycles. The average molecular weight is 425 g/mol. The molecular formula is C25H19N3O4. The van der Waals surface area contributed by atoms with Crippen LogP contribution in [0, 0.1) is 0 Å². The van der Waals surface area contributed by atoms with E-state index >= 15 is 0 Å². The van der Waals surface area contributed by atoms with Gasteiger partial charge in [0.25, 0.3) is 0 Å². The van der Waals surface area contributed by atoms with Gasteiger partial charge in [-0.15, -0.1) is 0 Å². The zero-order valence-electron chi connectivity index (χ0n) is 16.9. The van der Waals surface area contributed by atoms with Gasteiger partial charge in [-0.2, -0.15) is 5.10 Å². The highest BCUT2D eigenvalue weighted by Gasteiger charge is 2.29. The van der Waals surface area contributed by atoms with E-state index in [1.165, 1.54) is 21.9 Å². The number of anilines is 1. The van der Waals surface area contributed by atoms with Gasteiger partial charge in [0, 0.05) is 17.8 Å². The number of benzene rings is 3. The smallest absolute Gasteiger partial charge is 0.411 e. The average Bonchev–Trinajstić information content (AvgIpc) is 3.42. The van der Waals surface area contributed by atoms with Crippen molar-refractivity contribution in [1.29, 1.82) is 0 Å². The van der Waals surface area contributed by atoms with Crippen LogP contribution in [-0.2, 0) is 4.74 Å². The summed E-state index contributed by atoms with van der Waals surface area (Å²) >= 11 is 0. The molecule has 1 aromatic heterocycles. The van der Waals surface area contributed by atoms with Crippen LogP contribution in [0.1, 0.15) is 27.5 Å². The van der Waals surface area contributed by atoms with Gasteiger partial charge in [0.1, 0.15) is 6.61 Å². The molecule has 0 fully saturated rings. The van der Waals surface area contributed by atoms with E-state index in [9.17, 15) is 9.59 Å². The van der Waals surface area contributed by atoms with Crippen LogP contribution in [0.3, 0.4) is 0 Å². The summed E-state index contributed by atoms with van der Waals surface area (Å²) in [6.45, 7) is 0.239. The fraction of sp³-hybridized carbons (Fsp3) is 0.0800. The van der Waals surface area contributed by atoms with E-state index in [1.807, 2.05) is 24.3 Å². The Balaban J connectivity index is 1.24. The monoisotopic (exact) mass is 425 g/mol. The first-order chi connectivity index (χ1) is 15.6. The minimum atomic E-state index is -1.09. The van der Waals surface area contributed by atoms with Gasteiger partial charge in [0.2, 0.25) is 0 Å². The number of carbonyl (C=O) groups is 2. The van der Waals surface area contributed by atoms with Crippen LogP contribution >= 0.6 is 0 Å². The summed E-state index contributed by atoms with van der Waals surface area (Å²) in [4.78, 5) is 23.4. The van der Waals surface area contributed by atoms with Crippen LogP contribution in [0.4, 0.5) is 10.5 Å². The molecule has 5 rings (SSSR count). The summed E-state index contributed by atoms with van der Waals surface area (Å²) in [5.74, 6) is -1.09. The van der Waals surface area contributed by atoms with Crippen LogP contribution < -0.4 is 5.32 Å². The summed E-state index contributed by atoms with van der Waals surface area (Å²) in [5.41, 5.74) is 5.88. The van der Waals surface area contributed by atoms with Crippen molar-refractivity contribution in [2.24, 2.45) is 0 Å². The van der Waals surface area contributed by atoms with Gasteiger partial charge in [-0.25, -0.2) is 14.3 Å². The number of carbonyl (C=O) groups excluding carboxylic acids is 1. The van der Waals surface area contributed by atoms with Gasteiger partial charge in [-0.05, 0) is 52.6 Å². The summed E-state index contributed by atoms with van der Waals surface area (Å²) < 4.78 is 7.01. The normalized spacial score (nSPS) is 12.1. The lowest BCUT2D eigenvalue weighted by Gasteiger charge is -2.14. The zero-order valence-corrected chi connectivity index (χ0v) is 16.9. The molecule has 1 aliphatic carbocycles. The molecule has 7 nitrogen and oxygen atoms in total. The lowest BCUT2D eigenvalue weighted by Crippen LogP contribution is -2.17. The molecular weight excluding hydrogens is 406 g/mol. The molecule has 2 N–H and O–H groups in total. The van der Waals surface area contributed by atoms with Gasteiger partial charge in [0.05, 0.1) is 5.69 Å². The maximum atomic E-state index is 12.4. The quantitative estimate of drug-likeness (QED) is 0.473. The predicted molar refractivity (Wildman–Crippen MR) is 119 cm³/mol. The summed E-state index contributed by atoms with van der Waals surface area (Å²) in [7, 11) is 0. The number of nitrogens with zero attached hydrogens (tertiary/aromatic N) is 2. The summed E-state index contributed by atoms with van der Waals surface area (Å²) in [6.07, 6.45) is 1.03. The highest BCUT2D eigenvalue weighted by molar-refractivity contribution is 5.86. The van der Waals surface area contributed by atoms with Crippen molar-refractivity contribution in [3.8, 4) is 16.8 Å². The molecule has 1 aliphatic rings. The molecule has 1 heterocycles. The number of hydrogen-bond donors (Lipinski definition) is 2. The van der Waals surface area contributed by atoms with Crippen molar-refractivity contribution in [2.45, 2.75) is 5.92 Å². The first-order valence-electron chi connectivity index (χ1n) is 10.1. The molecule has 32 heavy (non-hydrogen) atoms. The molecule has 1 amide bonds. The van der Waals surface area contributed by atoms with Crippen molar-refractivity contribution >= 4 is 17.7 Å². The first kappa shape index (κ1) is 19.6.